The number of nitrogens with one attached hydrogen (secondary N) is 1. The second kappa shape index (κ2) is 7.33. The van der Waals surface area contributed by atoms with E-state index in [0.717, 1.165) is 17.7 Å². The molecule has 1 N–H and O–H groups in total. The second-order valence-electron chi connectivity index (χ2n) is 5.72. The van der Waals surface area contributed by atoms with Crippen LogP contribution in [0.1, 0.15) is 18.4 Å². The summed E-state index contributed by atoms with van der Waals surface area (Å²) in [6.07, 6.45) is 1.38. The van der Waals surface area contributed by atoms with E-state index < -0.39 is 10.0 Å². The summed E-state index contributed by atoms with van der Waals surface area (Å²) < 4.78 is 27.4. The van der Waals surface area contributed by atoms with Crippen LogP contribution in [0.4, 0.5) is 5.69 Å². The molecule has 0 atom stereocenters. The van der Waals surface area contributed by atoms with Crippen molar-refractivity contribution in [1.82, 2.24) is 4.72 Å². The predicted octanol–water partition coefficient (Wildman–Crippen LogP) is 3.60. The summed E-state index contributed by atoms with van der Waals surface area (Å²) in [6.45, 7) is 0.771. The lowest BCUT2D eigenvalue weighted by Crippen LogP contribution is -2.25. The van der Waals surface area contributed by atoms with Crippen LogP contribution < -0.4 is 9.62 Å². The third kappa shape index (κ3) is 4.15. The van der Waals surface area contributed by atoms with Gasteiger partial charge < -0.3 is 4.90 Å². The van der Waals surface area contributed by atoms with Gasteiger partial charge >= 0.3 is 0 Å². The highest BCUT2D eigenvalue weighted by atomic mass is 35.5. The van der Waals surface area contributed by atoms with Crippen LogP contribution in [-0.4, -0.2) is 20.9 Å². The first kappa shape index (κ1) is 18.2. The molecule has 0 unspecified atom stereocenters. The number of hydrogen-bond donors (Lipinski definition) is 1. The van der Waals surface area contributed by atoms with E-state index in [0.29, 0.717) is 18.0 Å². The molecule has 5 nitrogen and oxygen atoms in total. The first-order valence-electron chi connectivity index (χ1n) is 7.71. The maximum Gasteiger partial charge on any atom is 0.242 e. The van der Waals surface area contributed by atoms with Crippen molar-refractivity contribution in [2.45, 2.75) is 24.3 Å². The van der Waals surface area contributed by atoms with Crippen molar-refractivity contribution in [3.05, 3.63) is 58.1 Å². The molecule has 25 heavy (non-hydrogen) atoms. The summed E-state index contributed by atoms with van der Waals surface area (Å²) in [4.78, 5) is 13.5. The van der Waals surface area contributed by atoms with Crippen LogP contribution in [0.2, 0.25) is 10.0 Å². The van der Waals surface area contributed by atoms with Crippen molar-refractivity contribution in [3.8, 4) is 0 Å². The standard InChI is InChI=1S/C17H16Cl2N2O3S/c18-13-6-7-15(19)16(10-13)25(23,24)20-11-12-3-1-4-14(9-12)21-8-2-5-17(21)22/h1,3-4,6-7,9-10,20H,2,5,8,11H2. The van der Waals surface area contributed by atoms with Crippen LogP contribution in [0.15, 0.2) is 47.4 Å². The Labute approximate surface area is 156 Å². The molecule has 2 aromatic rings. The summed E-state index contributed by atoms with van der Waals surface area (Å²) >= 11 is 11.8. The van der Waals surface area contributed by atoms with E-state index in [1.165, 1.54) is 18.2 Å². The molecular weight excluding hydrogens is 383 g/mol. The number of nitrogens with zero attached hydrogens (tertiary/aromatic N) is 1. The number of benzene rings is 2. The third-order valence-corrected chi connectivity index (χ3v) is 6.06. The zero-order valence-electron chi connectivity index (χ0n) is 13.2. The number of carbonyl (C=O) groups excluding carboxylic acids is 1. The normalized spacial score (nSPS) is 15.0. The highest BCUT2D eigenvalue weighted by molar-refractivity contribution is 7.89. The lowest BCUT2D eigenvalue weighted by atomic mass is 10.2. The van der Waals surface area contributed by atoms with Crippen LogP contribution >= 0.6 is 23.2 Å². The second-order valence-corrected chi connectivity index (χ2v) is 8.30. The first-order valence-corrected chi connectivity index (χ1v) is 9.95. The van der Waals surface area contributed by atoms with Gasteiger partial charge in [0, 0.05) is 30.2 Å². The van der Waals surface area contributed by atoms with Crippen LogP contribution in [0.3, 0.4) is 0 Å². The van der Waals surface area contributed by atoms with Crippen LogP contribution in [-0.2, 0) is 21.4 Å². The monoisotopic (exact) mass is 398 g/mol. The van der Waals surface area contributed by atoms with Gasteiger partial charge in [-0.1, -0.05) is 35.3 Å². The molecule has 1 saturated heterocycles. The van der Waals surface area contributed by atoms with Gasteiger partial charge in [-0.25, -0.2) is 13.1 Å². The SMILES string of the molecule is O=C1CCCN1c1cccc(CNS(=O)(=O)c2cc(Cl)ccc2Cl)c1. The number of amides is 1. The molecule has 0 aromatic heterocycles. The Kier molecular flexibility index (Phi) is 5.34. The van der Waals surface area contributed by atoms with E-state index in [4.69, 9.17) is 23.2 Å². The number of halogens is 2. The molecule has 0 aliphatic carbocycles. The Balaban J connectivity index is 1.77. The zero-order valence-corrected chi connectivity index (χ0v) is 15.5. The Hall–Kier alpha value is -1.60. The van der Waals surface area contributed by atoms with Crippen molar-refractivity contribution in [2.75, 3.05) is 11.4 Å². The van der Waals surface area contributed by atoms with Gasteiger partial charge in [-0.05, 0) is 42.3 Å². The largest absolute Gasteiger partial charge is 0.312 e. The fourth-order valence-corrected chi connectivity index (χ4v) is 4.47. The molecule has 1 aliphatic heterocycles. The van der Waals surface area contributed by atoms with E-state index in [2.05, 4.69) is 4.72 Å². The van der Waals surface area contributed by atoms with E-state index in [9.17, 15) is 13.2 Å². The summed E-state index contributed by atoms with van der Waals surface area (Å²) in [5.41, 5.74) is 1.53. The number of anilines is 1. The molecule has 3 rings (SSSR count). The van der Waals surface area contributed by atoms with Crippen molar-refractivity contribution in [2.24, 2.45) is 0 Å². The average molecular weight is 399 g/mol. The number of sulfonamides is 1. The summed E-state index contributed by atoms with van der Waals surface area (Å²) in [5.74, 6) is 0.0865. The first-order chi connectivity index (χ1) is 11.9. The van der Waals surface area contributed by atoms with Gasteiger partial charge in [-0.15, -0.1) is 0 Å². The minimum Gasteiger partial charge on any atom is -0.312 e. The quantitative estimate of drug-likeness (QED) is 0.836. The van der Waals surface area contributed by atoms with Crippen LogP contribution in [0, 0.1) is 0 Å². The van der Waals surface area contributed by atoms with Gasteiger partial charge in [0.1, 0.15) is 4.90 Å². The van der Waals surface area contributed by atoms with Crippen LogP contribution in [0.25, 0.3) is 0 Å². The molecule has 0 saturated carbocycles. The minimum atomic E-state index is -3.80. The molecule has 0 bridgehead atoms. The third-order valence-electron chi connectivity index (χ3n) is 3.94. The van der Waals surface area contributed by atoms with Gasteiger partial charge in [0.05, 0.1) is 5.02 Å². The molecule has 0 radical (unpaired) electrons. The Morgan fingerprint density at radius 3 is 2.64 bits per heavy atom. The molecule has 1 amide bonds. The fourth-order valence-electron chi connectivity index (χ4n) is 2.69. The summed E-state index contributed by atoms with van der Waals surface area (Å²) in [7, 11) is -3.80. The highest BCUT2D eigenvalue weighted by Gasteiger charge is 2.22. The Morgan fingerprint density at radius 2 is 1.92 bits per heavy atom. The predicted molar refractivity (Wildman–Crippen MR) is 98.5 cm³/mol. The molecule has 0 spiro atoms. The number of hydrogen-bond acceptors (Lipinski definition) is 3. The molecule has 132 valence electrons. The average Bonchev–Trinajstić information content (AvgIpc) is 3.01. The summed E-state index contributed by atoms with van der Waals surface area (Å²) in [5, 5.41) is 0.396. The summed E-state index contributed by atoms with van der Waals surface area (Å²) in [6, 6.07) is 11.5. The van der Waals surface area contributed by atoms with Crippen LogP contribution in [0.5, 0.6) is 0 Å². The van der Waals surface area contributed by atoms with Crippen molar-refractivity contribution >= 4 is 44.8 Å². The van der Waals surface area contributed by atoms with Crippen molar-refractivity contribution in [3.63, 3.8) is 0 Å². The topological polar surface area (TPSA) is 66.5 Å². The van der Waals surface area contributed by atoms with E-state index in [1.54, 1.807) is 17.0 Å². The van der Waals surface area contributed by atoms with Gasteiger partial charge in [0.2, 0.25) is 15.9 Å². The molecule has 8 heteroatoms. The van der Waals surface area contributed by atoms with Gasteiger partial charge in [0.25, 0.3) is 0 Å². The van der Waals surface area contributed by atoms with E-state index in [-0.39, 0.29) is 22.4 Å². The van der Waals surface area contributed by atoms with E-state index in [1.807, 2.05) is 12.1 Å². The van der Waals surface area contributed by atoms with E-state index >= 15 is 0 Å². The fraction of sp³-hybridized carbons (Fsp3) is 0.235. The van der Waals surface area contributed by atoms with Gasteiger partial charge in [-0.2, -0.15) is 0 Å². The number of carbonyl (C=O) groups is 1. The highest BCUT2D eigenvalue weighted by Crippen LogP contribution is 2.26. The molecular formula is C17H16Cl2N2O3S. The molecule has 1 heterocycles. The zero-order chi connectivity index (χ0) is 18.0. The molecule has 2 aromatic carbocycles. The lowest BCUT2D eigenvalue weighted by molar-refractivity contribution is -0.117. The van der Waals surface area contributed by atoms with Crippen molar-refractivity contribution in [1.29, 1.82) is 0 Å². The maximum absolute atomic E-state index is 12.5. The van der Waals surface area contributed by atoms with Gasteiger partial charge in [-0.3, -0.25) is 4.79 Å². The minimum absolute atomic E-state index is 0.0625. The lowest BCUT2D eigenvalue weighted by Gasteiger charge is -2.17. The maximum atomic E-state index is 12.5. The molecule has 1 aliphatic rings. The Bertz CT molecular complexity index is 916. The molecule has 1 fully saturated rings. The number of rotatable bonds is 5. The van der Waals surface area contributed by atoms with Crippen molar-refractivity contribution < 1.29 is 13.2 Å². The Morgan fingerprint density at radius 1 is 1.12 bits per heavy atom. The smallest absolute Gasteiger partial charge is 0.242 e. The van der Waals surface area contributed by atoms with Gasteiger partial charge in [0.15, 0.2) is 0 Å².